The van der Waals surface area contributed by atoms with Crippen LogP contribution in [0.15, 0.2) is 41.8 Å². The third kappa shape index (κ3) is 6.87. The van der Waals surface area contributed by atoms with Gasteiger partial charge in [-0.25, -0.2) is 9.59 Å². The number of esters is 2. The highest BCUT2D eigenvalue weighted by Crippen LogP contribution is 2.42. The minimum atomic E-state index is -0.785. The summed E-state index contributed by atoms with van der Waals surface area (Å²) in [6.07, 6.45) is 3.80. The monoisotopic (exact) mass is 511 g/mol. The van der Waals surface area contributed by atoms with Crippen molar-refractivity contribution in [2.75, 3.05) is 41.6 Å². The molecular formula is C24H30ClNO5S2. The van der Waals surface area contributed by atoms with E-state index in [1.54, 1.807) is 35.7 Å². The second kappa shape index (κ2) is 12.6. The lowest BCUT2D eigenvalue weighted by molar-refractivity contribution is -0.148. The van der Waals surface area contributed by atoms with Crippen LogP contribution < -0.4 is 9.64 Å². The molecule has 6 nitrogen and oxygen atoms in total. The molecule has 3 rings (SSSR count). The second-order valence-corrected chi connectivity index (χ2v) is 10.4. The van der Waals surface area contributed by atoms with Crippen LogP contribution >= 0.6 is 35.1 Å². The largest absolute Gasteiger partial charge is 0.465 e. The van der Waals surface area contributed by atoms with Gasteiger partial charge in [0.25, 0.3) is 0 Å². The Labute approximate surface area is 209 Å². The van der Waals surface area contributed by atoms with Crippen LogP contribution in [0.5, 0.6) is 5.75 Å². The number of hydrogen-bond acceptors (Lipinski definition) is 8. The van der Waals surface area contributed by atoms with Crippen molar-refractivity contribution in [1.29, 1.82) is 0 Å². The number of fused-ring (bicyclic) bond motifs is 1. The fourth-order valence-electron chi connectivity index (χ4n) is 3.56. The van der Waals surface area contributed by atoms with Crippen LogP contribution in [0.2, 0.25) is 5.02 Å². The number of ether oxygens (including phenoxy) is 3. The Bertz CT molecular complexity index is 908. The molecule has 2 aliphatic rings. The van der Waals surface area contributed by atoms with Gasteiger partial charge in [0.2, 0.25) is 11.5 Å². The summed E-state index contributed by atoms with van der Waals surface area (Å²) < 4.78 is 16.7. The number of benzene rings is 1. The normalized spacial score (nSPS) is 18.2. The van der Waals surface area contributed by atoms with Gasteiger partial charge in [0.15, 0.2) is 5.75 Å². The van der Waals surface area contributed by atoms with E-state index in [0.717, 1.165) is 42.9 Å². The first-order valence-corrected chi connectivity index (χ1v) is 13.7. The molecule has 0 spiro atoms. The van der Waals surface area contributed by atoms with E-state index in [4.69, 9.17) is 25.8 Å². The molecule has 9 heteroatoms. The summed E-state index contributed by atoms with van der Waals surface area (Å²) >= 11 is 9.50. The van der Waals surface area contributed by atoms with Gasteiger partial charge in [0.05, 0.1) is 12.8 Å². The third-order valence-electron chi connectivity index (χ3n) is 5.20. The van der Waals surface area contributed by atoms with E-state index in [1.165, 1.54) is 12.7 Å². The number of carbonyl (C=O) groups is 2. The van der Waals surface area contributed by atoms with Gasteiger partial charge in [-0.1, -0.05) is 49.9 Å². The summed E-state index contributed by atoms with van der Waals surface area (Å²) in [5, 5.41) is 0.508. The third-order valence-corrected chi connectivity index (χ3v) is 7.88. The van der Waals surface area contributed by atoms with Gasteiger partial charge in [-0.05, 0) is 18.6 Å². The number of carbonyl (C=O) groups excluding carboxylic acids is 2. The Morgan fingerprint density at radius 3 is 2.58 bits per heavy atom. The van der Waals surface area contributed by atoms with Crippen LogP contribution in [0.4, 0.5) is 5.69 Å². The molecule has 33 heavy (non-hydrogen) atoms. The van der Waals surface area contributed by atoms with Gasteiger partial charge >= 0.3 is 11.9 Å². The zero-order valence-corrected chi connectivity index (χ0v) is 21.5. The Kier molecular flexibility index (Phi) is 9.89. The number of methoxy groups -OCH3 is 1. The van der Waals surface area contributed by atoms with Gasteiger partial charge in [-0.15, -0.1) is 0 Å². The molecule has 180 valence electrons. The number of thioether (sulfide) groups is 2. The smallest absolute Gasteiger partial charge is 0.351 e. The molecule has 2 aliphatic heterocycles. The van der Waals surface area contributed by atoms with Crippen molar-refractivity contribution in [3.8, 4) is 5.75 Å². The first-order valence-electron chi connectivity index (χ1n) is 11.0. The molecule has 2 heterocycles. The fourth-order valence-corrected chi connectivity index (χ4v) is 5.92. The maximum Gasteiger partial charge on any atom is 0.351 e. The molecule has 0 amide bonds. The molecule has 1 fully saturated rings. The zero-order chi connectivity index (χ0) is 23.8. The molecule has 0 aliphatic carbocycles. The second-order valence-electron chi connectivity index (χ2n) is 7.91. The summed E-state index contributed by atoms with van der Waals surface area (Å²) in [6.45, 7) is 6.78. The molecule has 1 aromatic carbocycles. The predicted octanol–water partition coefficient (Wildman–Crippen LogP) is 5.45. The van der Waals surface area contributed by atoms with Crippen molar-refractivity contribution in [3.63, 3.8) is 0 Å². The number of unbranched alkanes of at least 4 members (excludes halogenated alkanes) is 3. The SMILES string of the molecule is C=C1CSCC(OC(=O)/C(C(=O)OC)=C2\Oc3cc(Cl)ccc3N2CCCCCC)CSC1. The summed E-state index contributed by atoms with van der Waals surface area (Å²) in [7, 11) is 1.24. The lowest BCUT2D eigenvalue weighted by atomic mass is 10.2. The topological polar surface area (TPSA) is 65.1 Å². The molecule has 0 aromatic heterocycles. The minimum Gasteiger partial charge on any atom is -0.465 e. The fraction of sp³-hybridized carbons (Fsp3) is 0.500. The van der Waals surface area contributed by atoms with Crippen LogP contribution in [0.3, 0.4) is 0 Å². The van der Waals surface area contributed by atoms with Gasteiger partial charge in [-0.2, -0.15) is 23.5 Å². The van der Waals surface area contributed by atoms with Gasteiger partial charge in [0, 0.05) is 40.6 Å². The van der Waals surface area contributed by atoms with E-state index < -0.39 is 11.9 Å². The van der Waals surface area contributed by atoms with Crippen molar-refractivity contribution >= 4 is 52.8 Å². The van der Waals surface area contributed by atoms with Crippen LogP contribution in [0, 0.1) is 0 Å². The van der Waals surface area contributed by atoms with E-state index in [9.17, 15) is 9.59 Å². The Morgan fingerprint density at radius 2 is 1.91 bits per heavy atom. The average Bonchev–Trinajstić information content (AvgIpc) is 3.11. The average molecular weight is 512 g/mol. The summed E-state index contributed by atoms with van der Waals surface area (Å²) in [4.78, 5) is 27.9. The minimum absolute atomic E-state index is 0.139. The van der Waals surface area contributed by atoms with E-state index in [0.29, 0.717) is 28.8 Å². The van der Waals surface area contributed by atoms with Crippen LogP contribution in [-0.4, -0.2) is 54.7 Å². The number of rotatable bonds is 8. The molecule has 0 saturated carbocycles. The van der Waals surface area contributed by atoms with Crippen molar-refractivity contribution in [1.82, 2.24) is 0 Å². The molecule has 0 radical (unpaired) electrons. The van der Waals surface area contributed by atoms with Gasteiger partial charge < -0.3 is 19.1 Å². The standard InChI is InChI=1S/C24H30ClNO5S2/c1-4-5-6-7-10-26-19-9-8-17(25)11-20(19)31-22(26)21(23(27)29-3)24(28)30-18-14-32-12-16(2)13-33-15-18/h8-9,11,18H,2,4-7,10,12-15H2,1,3H3/b22-21-. The number of hydrogen-bond donors (Lipinski definition) is 0. The van der Waals surface area contributed by atoms with Crippen LogP contribution in [0.1, 0.15) is 32.6 Å². The number of anilines is 1. The van der Waals surface area contributed by atoms with Crippen molar-refractivity contribution in [3.05, 3.63) is 46.8 Å². The molecule has 0 N–H and O–H groups in total. The van der Waals surface area contributed by atoms with Crippen LogP contribution in [-0.2, 0) is 19.1 Å². The quantitative estimate of drug-likeness (QED) is 0.114. The van der Waals surface area contributed by atoms with Gasteiger partial charge in [-0.3, -0.25) is 0 Å². The van der Waals surface area contributed by atoms with Crippen LogP contribution in [0.25, 0.3) is 0 Å². The molecule has 1 saturated heterocycles. The first-order chi connectivity index (χ1) is 15.9. The molecular weight excluding hydrogens is 482 g/mol. The van der Waals surface area contributed by atoms with Crippen molar-refractivity contribution < 1.29 is 23.8 Å². The lowest BCUT2D eigenvalue weighted by Gasteiger charge is -2.23. The van der Waals surface area contributed by atoms with Crippen molar-refractivity contribution in [2.24, 2.45) is 0 Å². The highest BCUT2D eigenvalue weighted by Gasteiger charge is 2.37. The van der Waals surface area contributed by atoms with E-state index in [2.05, 4.69) is 13.5 Å². The molecule has 0 unspecified atom stereocenters. The predicted molar refractivity (Wildman–Crippen MR) is 136 cm³/mol. The highest BCUT2D eigenvalue weighted by atomic mass is 35.5. The summed E-state index contributed by atoms with van der Waals surface area (Å²) in [6, 6.07) is 5.27. The van der Waals surface area contributed by atoms with E-state index in [-0.39, 0.29) is 17.6 Å². The van der Waals surface area contributed by atoms with Gasteiger partial charge in [0.1, 0.15) is 6.10 Å². The molecule has 0 bridgehead atoms. The zero-order valence-electron chi connectivity index (χ0n) is 19.1. The Hall–Kier alpha value is -1.77. The summed E-state index contributed by atoms with van der Waals surface area (Å²) in [5.41, 5.74) is 1.69. The highest BCUT2D eigenvalue weighted by molar-refractivity contribution is 8.01. The number of halogens is 1. The van der Waals surface area contributed by atoms with E-state index >= 15 is 0 Å². The molecule has 1 aromatic rings. The first kappa shape index (κ1) is 25.8. The van der Waals surface area contributed by atoms with Crippen molar-refractivity contribution in [2.45, 2.75) is 38.7 Å². The summed E-state index contributed by atoms with van der Waals surface area (Å²) in [5.74, 6) is 2.05. The lowest BCUT2D eigenvalue weighted by Crippen LogP contribution is -2.32. The number of nitrogens with zero attached hydrogens (tertiary/aromatic N) is 1. The van der Waals surface area contributed by atoms with E-state index in [1.807, 2.05) is 11.0 Å². The Morgan fingerprint density at radius 1 is 1.18 bits per heavy atom. The maximum absolute atomic E-state index is 13.3. The Balaban J connectivity index is 1.88. The maximum atomic E-state index is 13.3. The molecule has 0 atom stereocenters.